The molecular formula is C13H13N3O4. The first-order chi connectivity index (χ1) is 9.49. The minimum atomic E-state index is -1.21. The predicted octanol–water partition coefficient (Wildman–Crippen LogP) is 0.180. The van der Waals surface area contributed by atoms with Crippen LogP contribution in [0.5, 0.6) is 0 Å². The summed E-state index contributed by atoms with van der Waals surface area (Å²) >= 11 is 0. The smallest absolute Gasteiger partial charge is 0.323 e. The monoisotopic (exact) mass is 275 g/mol. The minimum absolute atomic E-state index is 0.325. The number of rotatable bonds is 5. The molecule has 0 aliphatic heterocycles. The summed E-state index contributed by atoms with van der Waals surface area (Å²) in [5.41, 5.74) is 6.13. The third kappa shape index (κ3) is 2.77. The Morgan fingerprint density at radius 1 is 1.20 bits per heavy atom. The van der Waals surface area contributed by atoms with E-state index in [0.717, 1.165) is 10.4 Å². The Morgan fingerprint density at radius 2 is 1.95 bits per heavy atom. The summed E-state index contributed by atoms with van der Waals surface area (Å²) < 4.78 is 0. The quantitative estimate of drug-likeness (QED) is 0.721. The van der Waals surface area contributed by atoms with Gasteiger partial charge in [0.05, 0.1) is 0 Å². The summed E-state index contributed by atoms with van der Waals surface area (Å²) in [5, 5.41) is 9.48. The maximum atomic E-state index is 12.4. The van der Waals surface area contributed by atoms with E-state index < -0.39 is 30.9 Å². The zero-order chi connectivity index (χ0) is 14.7. The molecule has 0 bridgehead atoms. The number of aromatic amines is 1. The minimum Gasteiger partial charge on any atom is -0.480 e. The summed E-state index contributed by atoms with van der Waals surface area (Å²) in [6.07, 6.45) is 1.68. The molecule has 0 radical (unpaired) electrons. The Bertz CT molecular complexity index is 661. The van der Waals surface area contributed by atoms with Gasteiger partial charge in [-0.25, -0.2) is 0 Å². The average molecular weight is 275 g/mol. The number of hydrogen-bond acceptors (Lipinski definition) is 3. The van der Waals surface area contributed by atoms with Crippen LogP contribution in [0.1, 0.15) is 10.4 Å². The summed E-state index contributed by atoms with van der Waals surface area (Å²) in [6.45, 7) is -1.02. The summed E-state index contributed by atoms with van der Waals surface area (Å²) in [7, 11) is 0. The van der Waals surface area contributed by atoms with Crippen LogP contribution < -0.4 is 5.73 Å². The van der Waals surface area contributed by atoms with Gasteiger partial charge in [0.25, 0.3) is 5.91 Å². The third-order valence-corrected chi connectivity index (χ3v) is 2.79. The predicted molar refractivity (Wildman–Crippen MR) is 71.0 cm³/mol. The van der Waals surface area contributed by atoms with Crippen molar-refractivity contribution >= 4 is 28.7 Å². The lowest BCUT2D eigenvalue weighted by Gasteiger charge is -2.19. The van der Waals surface area contributed by atoms with Crippen LogP contribution in [0.25, 0.3) is 10.9 Å². The summed E-state index contributed by atoms with van der Waals surface area (Å²) in [6, 6.07) is 6.76. The van der Waals surface area contributed by atoms with Crippen LogP contribution in [0.3, 0.4) is 0 Å². The van der Waals surface area contributed by atoms with E-state index in [-0.39, 0.29) is 0 Å². The Balaban J connectivity index is 2.37. The lowest BCUT2D eigenvalue weighted by Crippen LogP contribution is -2.41. The number of H-pyrrole nitrogens is 1. The number of carbonyl (C=O) groups is 3. The number of aliphatic carboxylic acids is 1. The number of hydrogen-bond donors (Lipinski definition) is 3. The second kappa shape index (κ2) is 5.43. The molecule has 7 nitrogen and oxygen atoms in total. The molecule has 0 unspecified atom stereocenters. The molecule has 0 spiro atoms. The van der Waals surface area contributed by atoms with Crippen molar-refractivity contribution in [2.24, 2.45) is 5.73 Å². The van der Waals surface area contributed by atoms with Crippen molar-refractivity contribution in [2.45, 2.75) is 0 Å². The second-order valence-electron chi connectivity index (χ2n) is 4.27. The highest BCUT2D eigenvalue weighted by molar-refractivity contribution is 6.07. The van der Waals surface area contributed by atoms with Gasteiger partial charge < -0.3 is 20.7 Å². The first kappa shape index (κ1) is 13.6. The third-order valence-electron chi connectivity index (χ3n) is 2.79. The molecule has 0 atom stereocenters. The van der Waals surface area contributed by atoms with E-state index in [2.05, 4.69) is 4.98 Å². The maximum absolute atomic E-state index is 12.4. The van der Waals surface area contributed by atoms with Crippen LogP contribution in [0.4, 0.5) is 0 Å². The van der Waals surface area contributed by atoms with Crippen LogP contribution in [-0.4, -0.2) is 45.9 Å². The first-order valence-corrected chi connectivity index (χ1v) is 5.84. The van der Waals surface area contributed by atoms with E-state index >= 15 is 0 Å². The SMILES string of the molecule is NC(=O)CN(CC(=O)O)C(=O)c1cccc2[nH]ccc12. The molecule has 104 valence electrons. The van der Waals surface area contributed by atoms with Crippen LogP contribution >= 0.6 is 0 Å². The fourth-order valence-electron chi connectivity index (χ4n) is 1.99. The zero-order valence-electron chi connectivity index (χ0n) is 10.5. The number of aromatic nitrogens is 1. The Morgan fingerprint density at radius 3 is 2.60 bits per heavy atom. The van der Waals surface area contributed by atoms with Gasteiger partial charge in [-0.15, -0.1) is 0 Å². The highest BCUT2D eigenvalue weighted by Gasteiger charge is 2.22. The van der Waals surface area contributed by atoms with Gasteiger partial charge >= 0.3 is 5.97 Å². The van der Waals surface area contributed by atoms with Crippen molar-refractivity contribution in [2.75, 3.05) is 13.1 Å². The highest BCUT2D eigenvalue weighted by atomic mass is 16.4. The molecular weight excluding hydrogens is 262 g/mol. The average Bonchev–Trinajstić information content (AvgIpc) is 2.83. The molecule has 2 rings (SSSR count). The number of carboxylic acid groups (broad SMARTS) is 1. The molecule has 1 aromatic heterocycles. The zero-order valence-corrected chi connectivity index (χ0v) is 10.5. The standard InChI is InChI=1S/C13H13N3O4/c14-11(17)6-16(7-12(18)19)13(20)9-2-1-3-10-8(9)4-5-15-10/h1-5,15H,6-7H2,(H2,14,17)(H,18,19). The van der Waals surface area contributed by atoms with Crippen molar-refractivity contribution in [3.63, 3.8) is 0 Å². The fourth-order valence-corrected chi connectivity index (χ4v) is 1.99. The van der Waals surface area contributed by atoms with Gasteiger partial charge in [0, 0.05) is 22.7 Å². The van der Waals surface area contributed by atoms with Crippen LogP contribution in [0.2, 0.25) is 0 Å². The van der Waals surface area contributed by atoms with E-state index in [1.807, 2.05) is 0 Å². The molecule has 0 saturated heterocycles. The number of amides is 2. The molecule has 0 fully saturated rings. The topological polar surface area (TPSA) is 116 Å². The fraction of sp³-hybridized carbons (Fsp3) is 0.154. The van der Waals surface area contributed by atoms with Gasteiger partial charge in [0.15, 0.2) is 0 Å². The number of nitrogens with one attached hydrogen (secondary N) is 1. The van der Waals surface area contributed by atoms with Crippen molar-refractivity contribution < 1.29 is 19.5 Å². The van der Waals surface area contributed by atoms with Crippen LogP contribution in [0.15, 0.2) is 30.5 Å². The molecule has 0 aliphatic carbocycles. The first-order valence-electron chi connectivity index (χ1n) is 5.84. The van der Waals surface area contributed by atoms with E-state index in [4.69, 9.17) is 10.8 Å². The molecule has 4 N–H and O–H groups in total. The number of benzene rings is 1. The molecule has 7 heteroatoms. The summed E-state index contributed by atoms with van der Waals surface area (Å²) in [4.78, 5) is 38.0. The van der Waals surface area contributed by atoms with Gasteiger partial charge in [-0.1, -0.05) is 6.07 Å². The second-order valence-corrected chi connectivity index (χ2v) is 4.27. The molecule has 2 amide bonds. The van der Waals surface area contributed by atoms with Crippen molar-refractivity contribution in [3.8, 4) is 0 Å². The van der Waals surface area contributed by atoms with E-state index in [0.29, 0.717) is 10.9 Å². The molecule has 0 saturated carbocycles. The van der Waals surface area contributed by atoms with Gasteiger partial charge in [0.2, 0.25) is 5.91 Å². The normalized spacial score (nSPS) is 10.4. The number of nitrogens with zero attached hydrogens (tertiary/aromatic N) is 1. The lowest BCUT2D eigenvalue weighted by atomic mass is 10.1. The maximum Gasteiger partial charge on any atom is 0.323 e. The van der Waals surface area contributed by atoms with Gasteiger partial charge in [0.1, 0.15) is 13.1 Å². The molecule has 20 heavy (non-hydrogen) atoms. The Kier molecular flexibility index (Phi) is 3.69. The largest absolute Gasteiger partial charge is 0.480 e. The van der Waals surface area contributed by atoms with Crippen molar-refractivity contribution in [1.29, 1.82) is 0 Å². The molecule has 0 aliphatic rings. The number of primary amides is 1. The van der Waals surface area contributed by atoms with Crippen LogP contribution in [-0.2, 0) is 9.59 Å². The van der Waals surface area contributed by atoms with E-state index in [1.165, 1.54) is 0 Å². The van der Waals surface area contributed by atoms with Gasteiger partial charge in [-0.3, -0.25) is 14.4 Å². The molecule has 1 heterocycles. The van der Waals surface area contributed by atoms with Crippen molar-refractivity contribution in [3.05, 3.63) is 36.0 Å². The number of nitrogens with two attached hydrogens (primary N) is 1. The number of carbonyl (C=O) groups excluding carboxylic acids is 2. The highest BCUT2D eigenvalue weighted by Crippen LogP contribution is 2.19. The van der Waals surface area contributed by atoms with Gasteiger partial charge in [-0.2, -0.15) is 0 Å². The van der Waals surface area contributed by atoms with E-state index in [1.54, 1.807) is 30.5 Å². The molecule has 2 aromatic rings. The number of fused-ring (bicyclic) bond motifs is 1. The summed E-state index contributed by atoms with van der Waals surface area (Å²) in [5.74, 6) is -2.52. The Hall–Kier alpha value is -2.83. The lowest BCUT2D eigenvalue weighted by molar-refractivity contribution is -0.138. The van der Waals surface area contributed by atoms with E-state index in [9.17, 15) is 14.4 Å². The van der Waals surface area contributed by atoms with Crippen molar-refractivity contribution in [1.82, 2.24) is 9.88 Å². The van der Waals surface area contributed by atoms with Crippen LogP contribution in [0, 0.1) is 0 Å². The Labute approximate surface area is 114 Å². The number of carboxylic acids is 1. The molecule has 1 aromatic carbocycles. The van der Waals surface area contributed by atoms with Gasteiger partial charge in [-0.05, 0) is 18.2 Å².